The number of likely N-dealkylation sites (tertiary alicyclic amines) is 1. The molecule has 1 aromatic carbocycles. The number of likely N-dealkylation sites (N-methyl/N-ethyl adjacent to an activating group) is 1. The van der Waals surface area contributed by atoms with Crippen LogP contribution in [0.4, 0.5) is 10.5 Å². The molecule has 1 aromatic rings. The molecule has 1 amide bonds. The predicted octanol–water partition coefficient (Wildman–Crippen LogP) is 2.76. The van der Waals surface area contributed by atoms with Gasteiger partial charge in [-0.1, -0.05) is 19.1 Å². The van der Waals surface area contributed by atoms with Gasteiger partial charge >= 0.3 is 6.09 Å². The lowest BCUT2D eigenvalue weighted by Crippen LogP contribution is -2.13. The summed E-state index contributed by atoms with van der Waals surface area (Å²) >= 11 is 0. The van der Waals surface area contributed by atoms with Crippen molar-refractivity contribution in [3.8, 4) is 0 Å². The number of carboxylic acid groups (broad SMARTS) is 1. The van der Waals surface area contributed by atoms with Gasteiger partial charge in [0.1, 0.15) is 0 Å². The number of carbonyl (C=O) groups is 1. The minimum atomic E-state index is -1.00. The molecule has 4 heteroatoms. The predicted molar refractivity (Wildman–Crippen MR) is 72.3 cm³/mol. The second kappa shape index (κ2) is 5.40. The number of hydrogen-bond donors (Lipinski definition) is 2. The first-order chi connectivity index (χ1) is 8.60. The molecule has 1 aliphatic heterocycles. The molecule has 18 heavy (non-hydrogen) atoms. The fourth-order valence-electron chi connectivity index (χ4n) is 2.60. The van der Waals surface area contributed by atoms with Gasteiger partial charge in [0.2, 0.25) is 0 Å². The summed E-state index contributed by atoms with van der Waals surface area (Å²) < 4.78 is 0. The molecule has 0 aliphatic carbocycles. The highest BCUT2D eigenvalue weighted by Gasteiger charge is 2.21. The average Bonchev–Trinajstić information content (AvgIpc) is 2.75. The summed E-state index contributed by atoms with van der Waals surface area (Å²) in [5, 5.41) is 11.2. The summed E-state index contributed by atoms with van der Waals surface area (Å²) in [5.41, 5.74) is 3.11. The van der Waals surface area contributed by atoms with E-state index in [4.69, 9.17) is 5.11 Å². The molecule has 1 fully saturated rings. The molecule has 0 spiro atoms. The first-order valence-corrected chi connectivity index (χ1v) is 6.41. The van der Waals surface area contributed by atoms with Crippen LogP contribution in [-0.2, 0) is 6.42 Å². The highest BCUT2D eigenvalue weighted by molar-refractivity contribution is 5.84. The molecule has 0 saturated carbocycles. The van der Waals surface area contributed by atoms with Crippen molar-refractivity contribution < 1.29 is 9.90 Å². The number of aryl methyl sites for hydroxylation is 1. The Balaban J connectivity index is 2.21. The Kier molecular flexibility index (Phi) is 3.87. The summed E-state index contributed by atoms with van der Waals surface area (Å²) in [6.07, 6.45) is 1.02. The molecule has 1 aliphatic rings. The Morgan fingerprint density at radius 2 is 2.33 bits per heavy atom. The summed E-state index contributed by atoms with van der Waals surface area (Å²) in [6.45, 7) is 4.28. The number of anilines is 1. The van der Waals surface area contributed by atoms with Crippen molar-refractivity contribution >= 4 is 11.8 Å². The molecule has 0 radical (unpaired) electrons. The number of nitrogens with zero attached hydrogens (tertiary/aromatic N) is 1. The highest BCUT2D eigenvalue weighted by Crippen LogP contribution is 2.29. The number of nitrogens with one attached hydrogen (secondary N) is 1. The van der Waals surface area contributed by atoms with E-state index in [1.807, 2.05) is 19.1 Å². The minimum Gasteiger partial charge on any atom is -0.465 e. The van der Waals surface area contributed by atoms with Gasteiger partial charge < -0.3 is 10.0 Å². The molecular weight excluding hydrogens is 228 g/mol. The standard InChI is InChI=1S/C14H20N2O2/c1-3-10-8-11(12-6-7-16(2)9-12)4-5-13(10)15-14(17)18/h4-5,8,12,15H,3,6-7,9H2,1-2H3,(H,17,18). The summed E-state index contributed by atoms with van der Waals surface area (Å²) in [7, 11) is 2.14. The van der Waals surface area contributed by atoms with Gasteiger partial charge in [-0.15, -0.1) is 0 Å². The Morgan fingerprint density at radius 3 is 2.89 bits per heavy atom. The van der Waals surface area contributed by atoms with Crippen molar-refractivity contribution in [3.05, 3.63) is 29.3 Å². The SMILES string of the molecule is CCc1cc(C2CCN(C)C2)ccc1NC(=O)O. The first-order valence-electron chi connectivity index (χ1n) is 6.41. The van der Waals surface area contributed by atoms with E-state index in [0.717, 1.165) is 25.1 Å². The van der Waals surface area contributed by atoms with E-state index in [-0.39, 0.29) is 0 Å². The van der Waals surface area contributed by atoms with Crippen LogP contribution in [0.15, 0.2) is 18.2 Å². The van der Waals surface area contributed by atoms with Gasteiger partial charge in [0.05, 0.1) is 0 Å². The molecule has 2 N–H and O–H groups in total. The Bertz CT molecular complexity index is 445. The molecule has 4 nitrogen and oxygen atoms in total. The van der Waals surface area contributed by atoms with E-state index >= 15 is 0 Å². The van der Waals surface area contributed by atoms with Crippen LogP contribution in [0, 0.1) is 0 Å². The fraction of sp³-hybridized carbons (Fsp3) is 0.500. The van der Waals surface area contributed by atoms with Crippen LogP contribution in [0.5, 0.6) is 0 Å². The van der Waals surface area contributed by atoms with Crippen molar-refractivity contribution in [1.82, 2.24) is 4.90 Å². The van der Waals surface area contributed by atoms with Crippen LogP contribution in [-0.4, -0.2) is 36.2 Å². The molecule has 98 valence electrons. The van der Waals surface area contributed by atoms with Crippen LogP contribution in [0.1, 0.15) is 30.4 Å². The lowest BCUT2D eigenvalue weighted by Gasteiger charge is -2.14. The number of benzene rings is 1. The quantitative estimate of drug-likeness (QED) is 0.864. The van der Waals surface area contributed by atoms with Crippen LogP contribution in [0.3, 0.4) is 0 Å². The maximum atomic E-state index is 10.7. The monoisotopic (exact) mass is 248 g/mol. The van der Waals surface area contributed by atoms with Crippen LogP contribution in [0.25, 0.3) is 0 Å². The normalized spacial score (nSPS) is 20.0. The third kappa shape index (κ3) is 2.82. The van der Waals surface area contributed by atoms with Crippen LogP contribution >= 0.6 is 0 Å². The van der Waals surface area contributed by atoms with E-state index in [1.54, 1.807) is 0 Å². The maximum Gasteiger partial charge on any atom is 0.409 e. The summed E-state index contributed by atoms with van der Waals surface area (Å²) in [6, 6.07) is 6.09. The van der Waals surface area contributed by atoms with E-state index < -0.39 is 6.09 Å². The Hall–Kier alpha value is -1.55. The van der Waals surface area contributed by atoms with Crippen molar-refractivity contribution in [1.29, 1.82) is 0 Å². The zero-order valence-electron chi connectivity index (χ0n) is 10.9. The first kappa shape index (κ1) is 12.9. The Morgan fingerprint density at radius 1 is 1.56 bits per heavy atom. The third-order valence-corrected chi connectivity index (χ3v) is 3.61. The van der Waals surface area contributed by atoms with E-state index in [1.165, 1.54) is 12.0 Å². The minimum absolute atomic E-state index is 0.583. The topological polar surface area (TPSA) is 52.6 Å². The summed E-state index contributed by atoms with van der Waals surface area (Å²) in [5.74, 6) is 0.583. The zero-order valence-corrected chi connectivity index (χ0v) is 10.9. The molecule has 1 saturated heterocycles. The van der Waals surface area contributed by atoms with Crippen molar-refractivity contribution in [2.24, 2.45) is 0 Å². The zero-order chi connectivity index (χ0) is 13.1. The number of hydrogen-bond acceptors (Lipinski definition) is 2. The molecule has 0 bridgehead atoms. The Labute approximate surface area is 108 Å². The van der Waals surface area contributed by atoms with Gasteiger partial charge in [-0.05, 0) is 49.5 Å². The van der Waals surface area contributed by atoms with Gasteiger partial charge in [0.25, 0.3) is 0 Å². The van der Waals surface area contributed by atoms with Gasteiger partial charge in [-0.2, -0.15) is 0 Å². The highest BCUT2D eigenvalue weighted by atomic mass is 16.4. The smallest absolute Gasteiger partial charge is 0.409 e. The average molecular weight is 248 g/mol. The van der Waals surface area contributed by atoms with Crippen LogP contribution in [0.2, 0.25) is 0 Å². The van der Waals surface area contributed by atoms with Gasteiger partial charge in [0, 0.05) is 12.2 Å². The molecule has 2 rings (SSSR count). The number of rotatable bonds is 3. The van der Waals surface area contributed by atoms with Gasteiger partial charge in [0.15, 0.2) is 0 Å². The third-order valence-electron chi connectivity index (χ3n) is 3.61. The molecular formula is C14H20N2O2. The van der Waals surface area contributed by atoms with Crippen molar-refractivity contribution in [3.63, 3.8) is 0 Å². The largest absolute Gasteiger partial charge is 0.465 e. The second-order valence-electron chi connectivity index (χ2n) is 4.95. The lowest BCUT2D eigenvalue weighted by atomic mass is 9.95. The second-order valence-corrected chi connectivity index (χ2v) is 4.95. The van der Waals surface area contributed by atoms with E-state index in [2.05, 4.69) is 23.3 Å². The van der Waals surface area contributed by atoms with Crippen molar-refractivity contribution in [2.45, 2.75) is 25.7 Å². The molecule has 1 atom stereocenters. The maximum absolute atomic E-state index is 10.7. The van der Waals surface area contributed by atoms with Gasteiger partial charge in [-0.3, -0.25) is 5.32 Å². The van der Waals surface area contributed by atoms with E-state index in [9.17, 15) is 4.79 Å². The molecule has 1 unspecified atom stereocenters. The molecule has 0 aromatic heterocycles. The van der Waals surface area contributed by atoms with Crippen molar-refractivity contribution in [2.75, 3.05) is 25.5 Å². The van der Waals surface area contributed by atoms with Crippen LogP contribution < -0.4 is 5.32 Å². The lowest BCUT2D eigenvalue weighted by molar-refractivity contribution is 0.209. The number of amides is 1. The summed E-state index contributed by atoms with van der Waals surface area (Å²) in [4.78, 5) is 13.0. The van der Waals surface area contributed by atoms with Gasteiger partial charge in [-0.25, -0.2) is 4.79 Å². The van der Waals surface area contributed by atoms with E-state index in [0.29, 0.717) is 11.6 Å². The fourth-order valence-corrected chi connectivity index (χ4v) is 2.60. The molecule has 1 heterocycles.